The van der Waals surface area contributed by atoms with Gasteiger partial charge in [0.05, 0.1) is 21.1 Å². The highest BCUT2D eigenvalue weighted by atomic mass is 35.5. The van der Waals surface area contributed by atoms with Gasteiger partial charge in [-0.05, 0) is 61.9 Å². The monoisotopic (exact) mass is 361 g/mol. The molecule has 0 saturated carbocycles. The van der Waals surface area contributed by atoms with Gasteiger partial charge in [-0.2, -0.15) is 0 Å². The summed E-state index contributed by atoms with van der Waals surface area (Å²) in [4.78, 5) is 4.85. The first-order valence-corrected chi connectivity index (χ1v) is 8.80. The summed E-state index contributed by atoms with van der Waals surface area (Å²) < 4.78 is 2.28. The van der Waals surface area contributed by atoms with E-state index in [1.165, 1.54) is 11.1 Å². The lowest BCUT2D eigenvalue weighted by molar-refractivity contribution is 0.696. The van der Waals surface area contributed by atoms with E-state index in [0.717, 1.165) is 41.9 Å². The first-order valence-electron chi connectivity index (χ1n) is 8.04. The van der Waals surface area contributed by atoms with Crippen molar-refractivity contribution < 1.29 is 0 Å². The smallest absolute Gasteiger partial charge is 0.111 e. The molecule has 0 aliphatic rings. The number of nitrogens with zero attached hydrogens (tertiary/aromatic N) is 2. The van der Waals surface area contributed by atoms with Gasteiger partial charge in [0.2, 0.25) is 0 Å². The minimum Gasteiger partial charge on any atom is -0.323 e. The highest BCUT2D eigenvalue weighted by Gasteiger charge is 2.13. The molecule has 126 valence electrons. The van der Waals surface area contributed by atoms with Crippen molar-refractivity contribution >= 4 is 34.2 Å². The number of benzene rings is 2. The molecule has 1 N–H and O–H groups in total. The average Bonchev–Trinajstić information content (AvgIpc) is 2.86. The van der Waals surface area contributed by atoms with E-state index in [-0.39, 0.29) is 0 Å². The molecule has 0 fully saturated rings. The Kier molecular flexibility index (Phi) is 5.14. The van der Waals surface area contributed by atoms with Gasteiger partial charge in [-0.15, -0.1) is 0 Å². The Bertz CT molecular complexity index is 884. The van der Waals surface area contributed by atoms with E-state index in [1.54, 1.807) is 0 Å². The lowest BCUT2D eigenvalue weighted by Gasteiger charge is -2.11. The molecule has 0 amide bonds. The van der Waals surface area contributed by atoms with Crippen LogP contribution in [0.3, 0.4) is 0 Å². The molecule has 0 spiro atoms. The molecule has 5 heteroatoms. The molecule has 1 heterocycles. The van der Waals surface area contributed by atoms with Crippen LogP contribution in [-0.4, -0.2) is 23.1 Å². The zero-order valence-corrected chi connectivity index (χ0v) is 15.7. The Hall–Kier alpha value is -1.55. The lowest BCUT2D eigenvalue weighted by atomic mass is 10.1. The Labute approximate surface area is 152 Å². The van der Waals surface area contributed by atoms with E-state index in [0.29, 0.717) is 10.0 Å². The molecule has 3 aromatic rings. The summed E-state index contributed by atoms with van der Waals surface area (Å²) in [6, 6.07) is 10.2. The minimum absolute atomic E-state index is 0.581. The Balaban J connectivity index is 2.08. The predicted molar refractivity (Wildman–Crippen MR) is 102 cm³/mol. The van der Waals surface area contributed by atoms with Gasteiger partial charge in [-0.3, -0.25) is 0 Å². The molecule has 3 nitrogen and oxygen atoms in total. The third-order valence-corrected chi connectivity index (χ3v) is 5.11. The largest absolute Gasteiger partial charge is 0.323 e. The highest BCUT2D eigenvalue weighted by Crippen LogP contribution is 2.26. The van der Waals surface area contributed by atoms with E-state index >= 15 is 0 Å². The molecule has 0 aliphatic heterocycles. The number of hydrogen-bond acceptors (Lipinski definition) is 2. The molecule has 1 aromatic heterocycles. The van der Waals surface area contributed by atoms with Gasteiger partial charge >= 0.3 is 0 Å². The number of fused-ring (bicyclic) bond motifs is 1. The summed E-state index contributed by atoms with van der Waals surface area (Å²) in [6.07, 6.45) is 0.880. The summed E-state index contributed by atoms with van der Waals surface area (Å²) >= 11 is 12.2. The van der Waals surface area contributed by atoms with Crippen molar-refractivity contribution in [1.82, 2.24) is 14.9 Å². The zero-order chi connectivity index (χ0) is 17.3. The van der Waals surface area contributed by atoms with Crippen molar-refractivity contribution in [1.29, 1.82) is 0 Å². The number of aromatic nitrogens is 2. The van der Waals surface area contributed by atoms with Crippen LogP contribution in [-0.2, 0) is 13.0 Å². The molecule has 0 unspecified atom stereocenters. The number of likely N-dealkylation sites (N-methyl/N-ethyl adjacent to an activating group) is 1. The summed E-state index contributed by atoms with van der Waals surface area (Å²) in [5.41, 5.74) is 5.87. The summed E-state index contributed by atoms with van der Waals surface area (Å²) in [6.45, 7) is 5.89. The minimum atomic E-state index is 0.581. The highest BCUT2D eigenvalue weighted by molar-refractivity contribution is 6.42. The quantitative estimate of drug-likeness (QED) is 0.709. The Morgan fingerprint density at radius 3 is 2.50 bits per heavy atom. The van der Waals surface area contributed by atoms with Crippen LogP contribution >= 0.6 is 23.2 Å². The number of aryl methyl sites for hydroxylation is 2. The molecule has 24 heavy (non-hydrogen) atoms. The van der Waals surface area contributed by atoms with Gasteiger partial charge in [0.1, 0.15) is 5.82 Å². The second-order valence-electron chi connectivity index (χ2n) is 6.14. The van der Waals surface area contributed by atoms with Crippen molar-refractivity contribution in [3.63, 3.8) is 0 Å². The molecule has 2 aromatic carbocycles. The maximum atomic E-state index is 6.17. The van der Waals surface area contributed by atoms with Gasteiger partial charge < -0.3 is 9.88 Å². The van der Waals surface area contributed by atoms with Crippen molar-refractivity contribution in [3.8, 4) is 0 Å². The van der Waals surface area contributed by atoms with Gasteiger partial charge in [-0.1, -0.05) is 29.3 Å². The normalized spacial score (nSPS) is 11.4. The van der Waals surface area contributed by atoms with Gasteiger partial charge in [-0.25, -0.2) is 4.98 Å². The maximum Gasteiger partial charge on any atom is 0.111 e. The molecular weight excluding hydrogens is 341 g/mol. The fourth-order valence-corrected chi connectivity index (χ4v) is 3.18. The topological polar surface area (TPSA) is 29.9 Å². The molecule has 0 aliphatic carbocycles. The number of halogens is 2. The lowest BCUT2D eigenvalue weighted by Crippen LogP contribution is -2.14. The fraction of sp³-hybridized carbons (Fsp3) is 0.316. The Morgan fingerprint density at radius 2 is 1.79 bits per heavy atom. The van der Waals surface area contributed by atoms with Crippen molar-refractivity contribution in [3.05, 3.63) is 62.9 Å². The van der Waals surface area contributed by atoms with Crippen LogP contribution in [0, 0.1) is 13.8 Å². The molecule has 0 saturated heterocycles. The maximum absolute atomic E-state index is 6.17. The second kappa shape index (κ2) is 7.14. The van der Waals surface area contributed by atoms with Crippen LogP contribution in [0.25, 0.3) is 11.0 Å². The SMILES string of the molecule is CNCCc1nc2cc(C)c(C)cc2n1Cc1ccc(Cl)c(Cl)c1. The first kappa shape index (κ1) is 17.3. The molecule has 0 radical (unpaired) electrons. The molecular formula is C19H21Cl2N3. The van der Waals surface area contributed by atoms with Crippen molar-refractivity contribution in [2.24, 2.45) is 0 Å². The van der Waals surface area contributed by atoms with Gasteiger partial charge in [0.15, 0.2) is 0 Å². The van der Waals surface area contributed by atoms with Crippen molar-refractivity contribution in [2.75, 3.05) is 13.6 Å². The summed E-state index contributed by atoms with van der Waals surface area (Å²) in [5, 5.41) is 4.37. The first-order chi connectivity index (χ1) is 11.5. The van der Waals surface area contributed by atoms with Crippen LogP contribution in [0.2, 0.25) is 10.0 Å². The van der Waals surface area contributed by atoms with Crippen LogP contribution in [0.5, 0.6) is 0 Å². The number of rotatable bonds is 5. The van der Waals surface area contributed by atoms with E-state index in [1.807, 2.05) is 25.2 Å². The van der Waals surface area contributed by atoms with E-state index in [9.17, 15) is 0 Å². The third-order valence-electron chi connectivity index (χ3n) is 4.37. The number of imidazole rings is 1. The van der Waals surface area contributed by atoms with Crippen LogP contribution in [0.1, 0.15) is 22.5 Å². The standard InChI is InChI=1S/C19H21Cl2N3/c1-12-8-17-18(9-13(12)2)24(19(23-17)6-7-22-3)11-14-4-5-15(20)16(21)10-14/h4-5,8-10,22H,6-7,11H2,1-3H3. The summed E-state index contributed by atoms with van der Waals surface area (Å²) in [5.74, 6) is 1.08. The third kappa shape index (κ3) is 3.44. The van der Waals surface area contributed by atoms with E-state index in [4.69, 9.17) is 28.2 Å². The molecule has 3 rings (SSSR count). The van der Waals surface area contributed by atoms with Gasteiger partial charge in [0, 0.05) is 19.5 Å². The second-order valence-corrected chi connectivity index (χ2v) is 6.96. The predicted octanol–water partition coefficient (Wildman–Crippen LogP) is 4.77. The molecule has 0 bridgehead atoms. The van der Waals surface area contributed by atoms with E-state index in [2.05, 4.69) is 35.9 Å². The van der Waals surface area contributed by atoms with Crippen LogP contribution in [0.4, 0.5) is 0 Å². The number of nitrogens with one attached hydrogen (secondary N) is 1. The average molecular weight is 362 g/mol. The zero-order valence-electron chi connectivity index (χ0n) is 14.2. The van der Waals surface area contributed by atoms with Gasteiger partial charge in [0.25, 0.3) is 0 Å². The molecule has 0 atom stereocenters. The van der Waals surface area contributed by atoms with Crippen LogP contribution < -0.4 is 5.32 Å². The van der Waals surface area contributed by atoms with Crippen molar-refractivity contribution in [2.45, 2.75) is 26.8 Å². The van der Waals surface area contributed by atoms with E-state index < -0.39 is 0 Å². The Morgan fingerprint density at radius 1 is 1.04 bits per heavy atom. The fourth-order valence-electron chi connectivity index (χ4n) is 2.85. The summed E-state index contributed by atoms with van der Waals surface area (Å²) in [7, 11) is 1.96. The number of hydrogen-bond donors (Lipinski definition) is 1. The van der Waals surface area contributed by atoms with Crippen LogP contribution in [0.15, 0.2) is 30.3 Å².